The molecule has 1 amide bonds. The molecule has 2 N–H and O–H groups in total. The van der Waals surface area contributed by atoms with Crippen molar-refractivity contribution in [2.75, 3.05) is 7.11 Å². The van der Waals surface area contributed by atoms with Gasteiger partial charge >= 0.3 is 0 Å². The number of aromatic nitrogens is 4. The standard InChI is InChI=1S/C27H27N5O3/c1-16-14-32(15-28-16)22-8-7-17(9-23(22)35-2)25(33)29-19-12-27(13-19)10-18(11-27)24-20-5-3-4-6-21(20)26(34)31-30-24/h3-9,14-15,18-19H,10-13H2,1-2H3,(H,29,33)(H,31,34)/t18-,19-,27?. The number of aromatic amines is 1. The van der Waals surface area contributed by atoms with Gasteiger partial charge in [0.15, 0.2) is 0 Å². The van der Waals surface area contributed by atoms with Gasteiger partial charge in [-0.3, -0.25) is 9.59 Å². The van der Waals surface area contributed by atoms with E-state index < -0.39 is 0 Å². The van der Waals surface area contributed by atoms with Crippen molar-refractivity contribution in [2.45, 2.75) is 44.6 Å². The number of benzene rings is 2. The summed E-state index contributed by atoms with van der Waals surface area (Å²) >= 11 is 0. The number of carbonyl (C=O) groups is 1. The maximum Gasteiger partial charge on any atom is 0.272 e. The topological polar surface area (TPSA) is 102 Å². The molecule has 0 atom stereocenters. The normalized spacial score (nSPS) is 23.0. The van der Waals surface area contributed by atoms with Crippen molar-refractivity contribution in [3.63, 3.8) is 0 Å². The molecular formula is C27H27N5O3. The van der Waals surface area contributed by atoms with Crippen LogP contribution >= 0.6 is 0 Å². The lowest BCUT2D eigenvalue weighted by atomic mass is 9.49. The number of fused-ring (bicyclic) bond motifs is 1. The summed E-state index contributed by atoms with van der Waals surface area (Å²) in [6.45, 7) is 1.93. The van der Waals surface area contributed by atoms with Gasteiger partial charge < -0.3 is 14.6 Å². The van der Waals surface area contributed by atoms with Crippen LogP contribution in [0.4, 0.5) is 0 Å². The lowest BCUT2D eigenvalue weighted by Gasteiger charge is -2.57. The molecule has 2 saturated carbocycles. The molecule has 8 heteroatoms. The van der Waals surface area contributed by atoms with Crippen LogP contribution in [0.1, 0.15) is 53.3 Å². The minimum Gasteiger partial charge on any atom is -0.495 e. The predicted octanol–water partition coefficient (Wildman–Crippen LogP) is 3.88. The maximum atomic E-state index is 12.9. The van der Waals surface area contributed by atoms with Crippen LogP contribution in [0.2, 0.25) is 0 Å². The summed E-state index contributed by atoms with van der Waals surface area (Å²) in [5.74, 6) is 0.889. The van der Waals surface area contributed by atoms with Gasteiger partial charge in [-0.1, -0.05) is 18.2 Å². The Morgan fingerprint density at radius 2 is 1.91 bits per heavy atom. The van der Waals surface area contributed by atoms with Crippen LogP contribution in [0.3, 0.4) is 0 Å². The smallest absolute Gasteiger partial charge is 0.272 e. The third-order valence-corrected chi connectivity index (χ3v) is 7.60. The van der Waals surface area contributed by atoms with Crippen LogP contribution in [-0.4, -0.2) is 38.8 Å². The molecule has 2 heterocycles. The number of H-pyrrole nitrogens is 1. The van der Waals surface area contributed by atoms with Crippen LogP contribution in [0, 0.1) is 12.3 Å². The largest absolute Gasteiger partial charge is 0.495 e. The Morgan fingerprint density at radius 1 is 1.14 bits per heavy atom. The van der Waals surface area contributed by atoms with Gasteiger partial charge in [0.05, 0.1) is 35.9 Å². The van der Waals surface area contributed by atoms with E-state index in [0.717, 1.165) is 48.1 Å². The minimum absolute atomic E-state index is 0.0827. The molecule has 2 fully saturated rings. The van der Waals surface area contributed by atoms with E-state index in [1.165, 1.54) is 0 Å². The molecule has 178 valence electrons. The molecule has 0 aliphatic heterocycles. The highest BCUT2D eigenvalue weighted by molar-refractivity contribution is 5.95. The molecule has 8 nitrogen and oxygen atoms in total. The van der Waals surface area contributed by atoms with Crippen LogP contribution in [0.5, 0.6) is 5.75 Å². The molecule has 2 aromatic heterocycles. The molecule has 0 unspecified atom stereocenters. The van der Waals surface area contributed by atoms with E-state index in [-0.39, 0.29) is 22.9 Å². The zero-order valence-electron chi connectivity index (χ0n) is 19.7. The van der Waals surface area contributed by atoms with E-state index in [0.29, 0.717) is 22.6 Å². The highest BCUT2D eigenvalue weighted by Crippen LogP contribution is 2.62. The highest BCUT2D eigenvalue weighted by atomic mass is 16.5. The Morgan fingerprint density at radius 3 is 2.63 bits per heavy atom. The zero-order valence-corrected chi connectivity index (χ0v) is 19.7. The summed E-state index contributed by atoms with van der Waals surface area (Å²) in [4.78, 5) is 29.3. The molecule has 0 radical (unpaired) electrons. The van der Waals surface area contributed by atoms with Crippen molar-refractivity contribution in [1.29, 1.82) is 0 Å². The molecule has 2 aliphatic carbocycles. The van der Waals surface area contributed by atoms with Gasteiger partial charge in [-0.2, -0.15) is 5.10 Å². The number of hydrogen-bond donors (Lipinski definition) is 2. The number of rotatable bonds is 5. The number of ether oxygens (including phenoxy) is 1. The Labute approximate surface area is 202 Å². The van der Waals surface area contributed by atoms with Crippen LogP contribution in [-0.2, 0) is 0 Å². The van der Waals surface area contributed by atoms with Gasteiger partial charge in [-0.25, -0.2) is 10.1 Å². The first-order chi connectivity index (χ1) is 16.9. The third-order valence-electron chi connectivity index (χ3n) is 7.60. The fraction of sp³-hybridized carbons (Fsp3) is 0.333. The van der Waals surface area contributed by atoms with Gasteiger partial charge in [0, 0.05) is 29.1 Å². The van der Waals surface area contributed by atoms with E-state index in [1.807, 2.05) is 54.1 Å². The van der Waals surface area contributed by atoms with Crippen molar-refractivity contribution in [1.82, 2.24) is 25.1 Å². The summed E-state index contributed by atoms with van der Waals surface area (Å²) in [5, 5.41) is 11.9. The summed E-state index contributed by atoms with van der Waals surface area (Å²) in [6.07, 6.45) is 7.67. The molecule has 4 aromatic rings. The average molecular weight is 470 g/mol. The molecule has 6 rings (SSSR count). The van der Waals surface area contributed by atoms with Crippen molar-refractivity contribution in [2.24, 2.45) is 5.41 Å². The van der Waals surface area contributed by atoms with Gasteiger partial charge in [-0.05, 0) is 62.3 Å². The molecule has 1 spiro atoms. The first-order valence-electron chi connectivity index (χ1n) is 11.9. The number of imidazole rings is 1. The second-order valence-corrected chi connectivity index (χ2v) is 9.98. The van der Waals surface area contributed by atoms with Crippen LogP contribution in [0.25, 0.3) is 16.5 Å². The fourth-order valence-corrected chi connectivity index (χ4v) is 5.90. The SMILES string of the molecule is COc1cc(C(=O)N[C@H]2CC3(C2)C[C@H](c2n[nH]c(=O)c4ccccc42)C3)ccc1-n1cnc(C)c1. The number of nitrogens with one attached hydrogen (secondary N) is 2. The Hall–Kier alpha value is -3.94. The summed E-state index contributed by atoms with van der Waals surface area (Å²) < 4.78 is 7.43. The van der Waals surface area contributed by atoms with E-state index in [9.17, 15) is 9.59 Å². The van der Waals surface area contributed by atoms with Crippen LogP contribution < -0.4 is 15.6 Å². The Kier molecular flexibility index (Phi) is 4.98. The predicted molar refractivity (Wildman–Crippen MR) is 132 cm³/mol. The van der Waals surface area contributed by atoms with E-state index >= 15 is 0 Å². The van der Waals surface area contributed by atoms with E-state index in [4.69, 9.17) is 4.74 Å². The number of aryl methyl sites for hydroxylation is 1. The number of carbonyl (C=O) groups excluding carboxylic acids is 1. The molecular weight excluding hydrogens is 442 g/mol. The Bertz CT molecular complexity index is 1490. The summed E-state index contributed by atoms with van der Waals surface area (Å²) in [6, 6.07) is 13.3. The van der Waals surface area contributed by atoms with Gasteiger partial charge in [-0.15, -0.1) is 0 Å². The van der Waals surface area contributed by atoms with Crippen LogP contribution in [0.15, 0.2) is 59.8 Å². The second-order valence-electron chi connectivity index (χ2n) is 9.98. The van der Waals surface area contributed by atoms with Crippen molar-refractivity contribution >= 4 is 16.7 Å². The highest BCUT2D eigenvalue weighted by Gasteiger charge is 2.54. The lowest BCUT2D eigenvalue weighted by molar-refractivity contribution is -0.0196. The first kappa shape index (κ1) is 21.6. The summed E-state index contributed by atoms with van der Waals surface area (Å²) in [7, 11) is 1.60. The number of amides is 1. The van der Waals surface area contributed by atoms with E-state index in [1.54, 1.807) is 19.5 Å². The number of nitrogens with zero attached hydrogens (tertiary/aromatic N) is 3. The van der Waals surface area contributed by atoms with Gasteiger partial charge in [0.1, 0.15) is 5.75 Å². The van der Waals surface area contributed by atoms with Gasteiger partial charge in [0.25, 0.3) is 11.5 Å². The maximum absolute atomic E-state index is 12.9. The molecule has 2 aromatic carbocycles. The monoisotopic (exact) mass is 469 g/mol. The van der Waals surface area contributed by atoms with E-state index in [2.05, 4.69) is 20.5 Å². The molecule has 2 aliphatic rings. The average Bonchev–Trinajstić information content (AvgIpc) is 3.26. The first-order valence-corrected chi connectivity index (χ1v) is 11.9. The second kappa shape index (κ2) is 8.08. The molecule has 0 saturated heterocycles. The zero-order chi connectivity index (χ0) is 24.2. The minimum atomic E-state index is -0.144. The van der Waals surface area contributed by atoms with Crippen molar-refractivity contribution < 1.29 is 9.53 Å². The van der Waals surface area contributed by atoms with Crippen molar-refractivity contribution in [3.05, 3.63) is 82.3 Å². The Balaban J connectivity index is 1.09. The quantitative estimate of drug-likeness (QED) is 0.462. The number of methoxy groups -OCH3 is 1. The fourth-order valence-electron chi connectivity index (χ4n) is 5.90. The molecule has 0 bridgehead atoms. The molecule has 35 heavy (non-hydrogen) atoms. The number of hydrogen-bond acceptors (Lipinski definition) is 5. The van der Waals surface area contributed by atoms with Crippen molar-refractivity contribution in [3.8, 4) is 11.4 Å². The lowest BCUT2D eigenvalue weighted by Crippen LogP contribution is -2.55. The third kappa shape index (κ3) is 3.69. The van der Waals surface area contributed by atoms with Gasteiger partial charge in [0.2, 0.25) is 0 Å². The summed E-state index contributed by atoms with van der Waals surface area (Å²) in [5.41, 5.74) is 3.45.